The van der Waals surface area contributed by atoms with Crippen molar-refractivity contribution >= 4 is 17.1 Å². The molecule has 0 amide bonds. The predicted molar refractivity (Wildman–Crippen MR) is 82.0 cm³/mol. The van der Waals surface area contributed by atoms with E-state index in [1.54, 1.807) is 11.3 Å². The van der Waals surface area contributed by atoms with E-state index in [1.807, 2.05) is 38.1 Å². The van der Waals surface area contributed by atoms with Gasteiger partial charge in [0.2, 0.25) is 5.78 Å². The van der Waals surface area contributed by atoms with Crippen LogP contribution >= 0.6 is 11.3 Å². The molecule has 20 heavy (non-hydrogen) atoms. The van der Waals surface area contributed by atoms with E-state index in [1.165, 1.54) is 16.9 Å². The van der Waals surface area contributed by atoms with Gasteiger partial charge in [0.15, 0.2) is 0 Å². The lowest BCUT2D eigenvalue weighted by Crippen LogP contribution is -2.06. The number of fused-ring (bicyclic) bond motifs is 1. The Hall–Kier alpha value is -1.61. The molecular weight excluding hydrogens is 268 g/mol. The normalized spacial score (nSPS) is 13.6. The highest BCUT2D eigenvalue weighted by Crippen LogP contribution is 2.32. The quantitative estimate of drug-likeness (QED) is 0.785. The standard InChI is InChI=1S/C17H18O2S/c1-11(2)19-14-8-6-12(7-9-14)17(18)16-10-13-4-3-5-15(13)20-16/h6-11H,3-5H2,1-2H3. The van der Waals surface area contributed by atoms with E-state index in [-0.39, 0.29) is 11.9 Å². The highest BCUT2D eigenvalue weighted by molar-refractivity contribution is 7.14. The molecule has 0 N–H and O–H groups in total. The second-order valence-electron chi connectivity index (χ2n) is 5.43. The molecule has 0 radical (unpaired) electrons. The van der Waals surface area contributed by atoms with Crippen molar-refractivity contribution in [1.29, 1.82) is 0 Å². The van der Waals surface area contributed by atoms with Crippen LogP contribution in [0.1, 0.15) is 45.9 Å². The fourth-order valence-corrected chi connectivity index (χ4v) is 3.76. The van der Waals surface area contributed by atoms with Gasteiger partial charge < -0.3 is 4.74 Å². The van der Waals surface area contributed by atoms with Gasteiger partial charge in [-0.25, -0.2) is 0 Å². The second-order valence-corrected chi connectivity index (χ2v) is 6.57. The molecular formula is C17H18O2S. The molecule has 1 heterocycles. The number of hydrogen-bond acceptors (Lipinski definition) is 3. The van der Waals surface area contributed by atoms with Gasteiger partial charge in [-0.3, -0.25) is 4.79 Å². The minimum absolute atomic E-state index is 0.125. The summed E-state index contributed by atoms with van der Waals surface area (Å²) in [6, 6.07) is 9.52. The molecule has 0 saturated heterocycles. The Morgan fingerprint density at radius 1 is 1.20 bits per heavy atom. The van der Waals surface area contributed by atoms with Crippen LogP contribution < -0.4 is 4.74 Å². The number of carbonyl (C=O) groups is 1. The molecule has 0 fully saturated rings. The van der Waals surface area contributed by atoms with Crippen molar-refractivity contribution < 1.29 is 9.53 Å². The summed E-state index contributed by atoms with van der Waals surface area (Å²) in [5, 5.41) is 0. The Balaban J connectivity index is 1.79. The molecule has 1 aromatic carbocycles. The lowest BCUT2D eigenvalue weighted by Gasteiger charge is -2.09. The largest absolute Gasteiger partial charge is 0.491 e. The van der Waals surface area contributed by atoms with Gasteiger partial charge in [0.05, 0.1) is 11.0 Å². The van der Waals surface area contributed by atoms with E-state index in [0.29, 0.717) is 0 Å². The highest BCUT2D eigenvalue weighted by Gasteiger charge is 2.19. The molecule has 0 spiro atoms. The number of rotatable bonds is 4. The van der Waals surface area contributed by atoms with Crippen LogP contribution in [-0.4, -0.2) is 11.9 Å². The molecule has 0 unspecified atom stereocenters. The number of thiophene rings is 1. The van der Waals surface area contributed by atoms with Crippen LogP contribution in [0.15, 0.2) is 30.3 Å². The molecule has 104 valence electrons. The SMILES string of the molecule is CC(C)Oc1ccc(C(=O)c2cc3c(s2)CCC3)cc1. The summed E-state index contributed by atoms with van der Waals surface area (Å²) >= 11 is 1.66. The molecule has 0 bridgehead atoms. The first-order chi connectivity index (χ1) is 9.63. The van der Waals surface area contributed by atoms with Crippen molar-refractivity contribution in [2.45, 2.75) is 39.2 Å². The second kappa shape index (κ2) is 5.41. The first-order valence-electron chi connectivity index (χ1n) is 7.06. The molecule has 3 rings (SSSR count). The third-order valence-electron chi connectivity index (χ3n) is 3.46. The van der Waals surface area contributed by atoms with Crippen molar-refractivity contribution in [1.82, 2.24) is 0 Å². The first-order valence-corrected chi connectivity index (χ1v) is 7.88. The monoisotopic (exact) mass is 286 g/mol. The van der Waals surface area contributed by atoms with Crippen LogP contribution in [0.2, 0.25) is 0 Å². The Labute approximate surface area is 123 Å². The zero-order chi connectivity index (χ0) is 14.1. The summed E-state index contributed by atoms with van der Waals surface area (Å²) in [5.41, 5.74) is 2.11. The topological polar surface area (TPSA) is 26.3 Å². The number of aryl methyl sites for hydroxylation is 2. The zero-order valence-corrected chi connectivity index (χ0v) is 12.6. The van der Waals surface area contributed by atoms with Crippen LogP contribution in [0.5, 0.6) is 5.75 Å². The third-order valence-corrected chi connectivity index (χ3v) is 4.69. The summed E-state index contributed by atoms with van der Waals surface area (Å²) < 4.78 is 5.60. The molecule has 2 nitrogen and oxygen atoms in total. The molecule has 0 saturated carbocycles. The number of hydrogen-bond donors (Lipinski definition) is 0. The smallest absolute Gasteiger partial charge is 0.202 e. The van der Waals surface area contributed by atoms with Crippen LogP contribution in [0, 0.1) is 0 Å². The van der Waals surface area contributed by atoms with Gasteiger partial charge in [0.1, 0.15) is 5.75 Å². The Morgan fingerprint density at radius 2 is 1.95 bits per heavy atom. The number of ketones is 1. The van der Waals surface area contributed by atoms with Crippen molar-refractivity contribution in [3.63, 3.8) is 0 Å². The molecule has 0 aliphatic heterocycles. The van der Waals surface area contributed by atoms with Crippen LogP contribution in [-0.2, 0) is 12.8 Å². The van der Waals surface area contributed by atoms with E-state index in [9.17, 15) is 4.79 Å². The molecule has 0 atom stereocenters. The minimum atomic E-state index is 0.125. The molecule has 2 aromatic rings. The Kier molecular flexibility index (Phi) is 3.62. The van der Waals surface area contributed by atoms with Crippen molar-refractivity contribution in [3.05, 3.63) is 51.2 Å². The third kappa shape index (κ3) is 2.63. The van der Waals surface area contributed by atoms with Crippen molar-refractivity contribution in [2.75, 3.05) is 0 Å². The van der Waals surface area contributed by atoms with E-state index in [4.69, 9.17) is 4.74 Å². The van der Waals surface area contributed by atoms with Gasteiger partial charge in [-0.05, 0) is 69.0 Å². The fraction of sp³-hybridized carbons (Fsp3) is 0.353. The summed E-state index contributed by atoms with van der Waals surface area (Å²) in [6.07, 6.45) is 3.64. The number of carbonyl (C=O) groups excluding carboxylic acids is 1. The van der Waals surface area contributed by atoms with Gasteiger partial charge in [0.25, 0.3) is 0 Å². The fourth-order valence-electron chi connectivity index (χ4n) is 2.54. The molecule has 1 aromatic heterocycles. The predicted octanol–water partition coefficient (Wildman–Crippen LogP) is 4.26. The Morgan fingerprint density at radius 3 is 2.60 bits per heavy atom. The maximum Gasteiger partial charge on any atom is 0.202 e. The van der Waals surface area contributed by atoms with Gasteiger partial charge in [-0.1, -0.05) is 0 Å². The summed E-state index contributed by atoms with van der Waals surface area (Å²) in [4.78, 5) is 14.7. The van der Waals surface area contributed by atoms with Gasteiger partial charge in [-0.2, -0.15) is 0 Å². The average molecular weight is 286 g/mol. The summed E-state index contributed by atoms with van der Waals surface area (Å²) in [7, 11) is 0. The number of benzene rings is 1. The van der Waals surface area contributed by atoms with Gasteiger partial charge in [-0.15, -0.1) is 11.3 Å². The lowest BCUT2D eigenvalue weighted by atomic mass is 10.1. The van der Waals surface area contributed by atoms with E-state index < -0.39 is 0 Å². The van der Waals surface area contributed by atoms with E-state index >= 15 is 0 Å². The molecule has 1 aliphatic rings. The molecule has 1 aliphatic carbocycles. The number of ether oxygens (including phenoxy) is 1. The average Bonchev–Trinajstić information content (AvgIpc) is 2.98. The maximum absolute atomic E-state index is 12.5. The highest BCUT2D eigenvalue weighted by atomic mass is 32.1. The zero-order valence-electron chi connectivity index (χ0n) is 11.8. The lowest BCUT2D eigenvalue weighted by molar-refractivity contribution is 0.104. The van der Waals surface area contributed by atoms with Crippen LogP contribution in [0.3, 0.4) is 0 Å². The minimum Gasteiger partial charge on any atom is -0.491 e. The summed E-state index contributed by atoms with van der Waals surface area (Å²) in [5.74, 6) is 0.936. The van der Waals surface area contributed by atoms with Crippen molar-refractivity contribution in [3.8, 4) is 5.75 Å². The van der Waals surface area contributed by atoms with E-state index in [2.05, 4.69) is 6.07 Å². The van der Waals surface area contributed by atoms with E-state index in [0.717, 1.165) is 29.0 Å². The molecule has 3 heteroatoms. The maximum atomic E-state index is 12.5. The van der Waals surface area contributed by atoms with Crippen molar-refractivity contribution in [2.24, 2.45) is 0 Å². The first kappa shape index (κ1) is 13.4. The summed E-state index contributed by atoms with van der Waals surface area (Å²) in [6.45, 7) is 3.98. The van der Waals surface area contributed by atoms with Gasteiger partial charge in [0, 0.05) is 10.4 Å². The van der Waals surface area contributed by atoms with Gasteiger partial charge >= 0.3 is 0 Å². The Bertz CT molecular complexity index is 601. The van der Waals surface area contributed by atoms with Crippen LogP contribution in [0.4, 0.5) is 0 Å². The van der Waals surface area contributed by atoms with Crippen LogP contribution in [0.25, 0.3) is 0 Å².